The second-order valence-electron chi connectivity index (χ2n) is 11.9. The van der Waals surface area contributed by atoms with E-state index < -0.39 is 55.7 Å². The number of nitrogens with one attached hydrogen (secondary N) is 1. The Hall–Kier alpha value is -5.30. The summed E-state index contributed by atoms with van der Waals surface area (Å²) in [4.78, 5) is 40.2. The Labute approximate surface area is 285 Å². The van der Waals surface area contributed by atoms with Gasteiger partial charge in [-0.2, -0.15) is 0 Å². The SMILES string of the molecule is COc1ccc(N(CC(=O)N(Cc2ccccc2F)[C@H](Cc2ccccc2)C(=O)NCC(C)C)S(=O)(=O)c2ccc(C)c([N+](=O)[O-])c2)cc1. The quantitative estimate of drug-likeness (QED) is 0.126. The van der Waals surface area contributed by atoms with Crippen LogP contribution in [0.4, 0.5) is 15.8 Å². The topological polar surface area (TPSA) is 139 Å². The van der Waals surface area contributed by atoms with E-state index in [4.69, 9.17) is 4.74 Å². The van der Waals surface area contributed by atoms with Gasteiger partial charge >= 0.3 is 0 Å². The summed E-state index contributed by atoms with van der Waals surface area (Å²) < 4.78 is 49.7. The summed E-state index contributed by atoms with van der Waals surface area (Å²) in [5.41, 5.74) is 0.757. The highest BCUT2D eigenvalue weighted by atomic mass is 32.2. The van der Waals surface area contributed by atoms with Crippen LogP contribution < -0.4 is 14.4 Å². The molecule has 0 aliphatic heterocycles. The lowest BCUT2D eigenvalue weighted by Crippen LogP contribution is -2.53. The number of benzene rings is 4. The molecule has 258 valence electrons. The molecule has 0 heterocycles. The number of nitro groups is 1. The van der Waals surface area contributed by atoms with Crippen LogP contribution in [0, 0.1) is 28.8 Å². The molecule has 13 heteroatoms. The molecule has 0 spiro atoms. The van der Waals surface area contributed by atoms with E-state index in [2.05, 4.69) is 5.32 Å². The number of ether oxygens (including phenoxy) is 1. The average Bonchev–Trinajstić information content (AvgIpc) is 3.08. The van der Waals surface area contributed by atoms with Crippen molar-refractivity contribution < 1.29 is 32.1 Å². The Morgan fingerprint density at radius 3 is 2.22 bits per heavy atom. The maximum atomic E-state index is 15.1. The molecule has 11 nitrogen and oxygen atoms in total. The van der Waals surface area contributed by atoms with Gasteiger partial charge in [0.05, 0.1) is 22.6 Å². The zero-order chi connectivity index (χ0) is 35.7. The maximum Gasteiger partial charge on any atom is 0.273 e. The van der Waals surface area contributed by atoms with E-state index in [1.165, 1.54) is 73.5 Å². The number of nitro benzene ring substituents is 1. The molecule has 1 N–H and O–H groups in total. The van der Waals surface area contributed by atoms with Crippen molar-refractivity contribution in [3.05, 3.63) is 130 Å². The average molecular weight is 691 g/mol. The summed E-state index contributed by atoms with van der Waals surface area (Å²) in [6.07, 6.45) is 0.0599. The van der Waals surface area contributed by atoms with Crippen molar-refractivity contribution in [1.82, 2.24) is 10.2 Å². The largest absolute Gasteiger partial charge is 0.497 e. The van der Waals surface area contributed by atoms with E-state index in [-0.39, 0.29) is 35.7 Å². The summed E-state index contributed by atoms with van der Waals surface area (Å²) in [6.45, 7) is 4.48. The molecule has 2 amide bonds. The summed E-state index contributed by atoms with van der Waals surface area (Å²) >= 11 is 0. The van der Waals surface area contributed by atoms with Crippen molar-refractivity contribution in [2.75, 3.05) is 24.5 Å². The molecular formula is C36H39FN4O7S. The molecule has 49 heavy (non-hydrogen) atoms. The molecule has 0 radical (unpaired) electrons. The molecule has 4 aromatic carbocycles. The number of sulfonamides is 1. The van der Waals surface area contributed by atoms with Gasteiger partial charge in [0.1, 0.15) is 24.2 Å². The highest BCUT2D eigenvalue weighted by molar-refractivity contribution is 7.92. The number of rotatable bonds is 15. The fourth-order valence-corrected chi connectivity index (χ4v) is 6.57. The minimum Gasteiger partial charge on any atom is -0.497 e. The van der Waals surface area contributed by atoms with Gasteiger partial charge in [0.15, 0.2) is 0 Å². The summed E-state index contributed by atoms with van der Waals surface area (Å²) in [6, 6.07) is 23.0. The first-order chi connectivity index (χ1) is 23.3. The van der Waals surface area contributed by atoms with Gasteiger partial charge in [0.2, 0.25) is 11.8 Å². The Morgan fingerprint density at radius 2 is 1.61 bits per heavy atom. The van der Waals surface area contributed by atoms with Crippen LogP contribution in [0.5, 0.6) is 5.75 Å². The molecule has 0 saturated carbocycles. The third kappa shape index (κ3) is 9.20. The van der Waals surface area contributed by atoms with Crippen molar-refractivity contribution in [3.8, 4) is 5.75 Å². The first kappa shape index (κ1) is 36.5. The summed E-state index contributed by atoms with van der Waals surface area (Å²) in [5, 5.41) is 14.6. The predicted molar refractivity (Wildman–Crippen MR) is 184 cm³/mol. The van der Waals surface area contributed by atoms with Crippen LogP contribution in [0.3, 0.4) is 0 Å². The van der Waals surface area contributed by atoms with Crippen LogP contribution in [0.25, 0.3) is 0 Å². The monoisotopic (exact) mass is 690 g/mol. The summed E-state index contributed by atoms with van der Waals surface area (Å²) in [7, 11) is -3.18. The van der Waals surface area contributed by atoms with Crippen molar-refractivity contribution in [3.63, 3.8) is 0 Å². The summed E-state index contributed by atoms with van der Waals surface area (Å²) in [5.74, 6) is -1.39. The van der Waals surface area contributed by atoms with E-state index in [9.17, 15) is 28.1 Å². The maximum absolute atomic E-state index is 15.1. The van der Waals surface area contributed by atoms with Gasteiger partial charge < -0.3 is 15.0 Å². The van der Waals surface area contributed by atoms with Crippen molar-refractivity contribution in [2.45, 2.75) is 44.7 Å². The number of nitrogens with zero attached hydrogens (tertiary/aromatic N) is 3. The number of carbonyl (C=O) groups is 2. The number of anilines is 1. The van der Waals surface area contributed by atoms with Crippen LogP contribution in [0.2, 0.25) is 0 Å². The van der Waals surface area contributed by atoms with E-state index in [1.807, 2.05) is 19.9 Å². The molecule has 4 rings (SSSR count). The van der Waals surface area contributed by atoms with Gasteiger partial charge in [0, 0.05) is 36.7 Å². The van der Waals surface area contributed by atoms with Gasteiger partial charge in [-0.05, 0) is 54.8 Å². The molecule has 4 aromatic rings. The number of halogens is 1. The number of hydrogen-bond acceptors (Lipinski definition) is 7. The molecule has 0 aliphatic rings. The molecule has 0 saturated heterocycles. The Balaban J connectivity index is 1.85. The van der Waals surface area contributed by atoms with Gasteiger partial charge in [-0.3, -0.25) is 24.0 Å². The van der Waals surface area contributed by atoms with Gasteiger partial charge in [-0.1, -0.05) is 68.4 Å². The third-order valence-electron chi connectivity index (χ3n) is 7.86. The molecule has 0 aliphatic carbocycles. The number of aryl methyl sites for hydroxylation is 1. The molecule has 0 fully saturated rings. The highest BCUT2D eigenvalue weighted by Crippen LogP contribution is 2.30. The third-order valence-corrected chi connectivity index (χ3v) is 9.63. The molecule has 0 bridgehead atoms. The zero-order valence-electron chi connectivity index (χ0n) is 27.7. The number of carbonyl (C=O) groups excluding carboxylic acids is 2. The molecule has 1 atom stereocenters. The Bertz CT molecular complexity index is 1890. The first-order valence-electron chi connectivity index (χ1n) is 15.6. The lowest BCUT2D eigenvalue weighted by atomic mass is 10.0. The van der Waals surface area contributed by atoms with E-state index in [0.717, 1.165) is 15.9 Å². The van der Waals surface area contributed by atoms with Crippen LogP contribution >= 0.6 is 0 Å². The minimum atomic E-state index is -4.62. The standard InChI is InChI=1S/C36H39FN4O7S/c1-25(2)22-38-36(43)34(20-27-10-6-5-7-11-27)39(23-28-12-8-9-13-32(28)37)35(42)24-40(29-15-17-30(48-4)18-16-29)49(46,47)31-19-14-26(3)33(21-31)41(44)45/h5-19,21,25,34H,20,22-24H2,1-4H3,(H,38,43)/t34-/m1/s1. The smallest absolute Gasteiger partial charge is 0.273 e. The van der Waals surface area contributed by atoms with Crippen LogP contribution in [0.15, 0.2) is 102 Å². The lowest BCUT2D eigenvalue weighted by molar-refractivity contribution is -0.385. The zero-order valence-corrected chi connectivity index (χ0v) is 28.5. The fourth-order valence-electron chi connectivity index (χ4n) is 5.14. The highest BCUT2D eigenvalue weighted by Gasteiger charge is 2.35. The van der Waals surface area contributed by atoms with Gasteiger partial charge in [0.25, 0.3) is 15.7 Å². The normalized spacial score (nSPS) is 11.9. The molecule has 0 unspecified atom stereocenters. The minimum absolute atomic E-state index is 0.0599. The van der Waals surface area contributed by atoms with Gasteiger partial charge in [-0.25, -0.2) is 12.8 Å². The van der Waals surface area contributed by atoms with E-state index in [1.54, 1.807) is 30.3 Å². The Kier molecular flexibility index (Phi) is 12.1. The fraction of sp³-hybridized carbons (Fsp3) is 0.278. The molecular weight excluding hydrogens is 651 g/mol. The second kappa shape index (κ2) is 16.2. The first-order valence-corrected chi connectivity index (χ1v) is 17.0. The number of hydrogen-bond donors (Lipinski definition) is 1. The lowest BCUT2D eigenvalue weighted by Gasteiger charge is -2.34. The van der Waals surface area contributed by atoms with Crippen molar-refractivity contribution in [1.29, 1.82) is 0 Å². The number of methoxy groups -OCH3 is 1. The van der Waals surface area contributed by atoms with E-state index in [0.29, 0.717) is 12.3 Å². The Morgan fingerprint density at radius 1 is 0.959 bits per heavy atom. The van der Waals surface area contributed by atoms with E-state index >= 15 is 4.39 Å². The van der Waals surface area contributed by atoms with Crippen LogP contribution in [-0.2, 0) is 32.6 Å². The molecule has 0 aromatic heterocycles. The van der Waals surface area contributed by atoms with Crippen molar-refractivity contribution >= 4 is 33.2 Å². The second-order valence-corrected chi connectivity index (χ2v) is 13.7. The van der Waals surface area contributed by atoms with Crippen LogP contribution in [0.1, 0.15) is 30.5 Å². The predicted octanol–water partition coefficient (Wildman–Crippen LogP) is 5.66. The van der Waals surface area contributed by atoms with Gasteiger partial charge in [-0.15, -0.1) is 0 Å². The number of amides is 2. The van der Waals surface area contributed by atoms with Crippen molar-refractivity contribution in [2.24, 2.45) is 5.92 Å². The van der Waals surface area contributed by atoms with Crippen LogP contribution in [-0.4, -0.2) is 56.3 Å².